The van der Waals surface area contributed by atoms with Crippen LogP contribution >= 0.6 is 12.2 Å². The molecule has 0 fully saturated rings. The first-order valence-corrected chi connectivity index (χ1v) is 7.56. The highest BCUT2D eigenvalue weighted by atomic mass is 32.1. The van der Waals surface area contributed by atoms with Gasteiger partial charge in [0.15, 0.2) is 6.10 Å². The van der Waals surface area contributed by atoms with Crippen LogP contribution in [0.15, 0.2) is 18.2 Å². The molecule has 0 aliphatic carbocycles. The van der Waals surface area contributed by atoms with Crippen molar-refractivity contribution in [1.29, 1.82) is 0 Å². The lowest BCUT2D eigenvalue weighted by Crippen LogP contribution is -2.49. The van der Waals surface area contributed by atoms with Crippen LogP contribution in [0.2, 0.25) is 0 Å². The highest BCUT2D eigenvalue weighted by Gasteiger charge is 2.35. The van der Waals surface area contributed by atoms with E-state index in [1.807, 2.05) is 32.0 Å². The highest BCUT2D eigenvalue weighted by Crippen LogP contribution is 2.41. The number of benzene rings is 1. The number of carboxylic acids is 1. The number of nitrogens with zero attached hydrogens (tertiary/aromatic N) is 1. The lowest BCUT2D eigenvalue weighted by Gasteiger charge is -2.39. The summed E-state index contributed by atoms with van der Waals surface area (Å²) in [6, 6.07) is 5.81. The number of hydrogen-bond donors (Lipinski definition) is 1. The predicted octanol–water partition coefficient (Wildman–Crippen LogP) is 3.45. The number of hydrogen-bond acceptors (Lipinski definition) is 3. The van der Waals surface area contributed by atoms with E-state index in [9.17, 15) is 9.90 Å². The van der Waals surface area contributed by atoms with E-state index in [1.54, 1.807) is 4.90 Å². The molecule has 1 aromatic rings. The number of carboxylic acid groups (broad SMARTS) is 1. The highest BCUT2D eigenvalue weighted by molar-refractivity contribution is 7.80. The van der Waals surface area contributed by atoms with Crippen molar-refractivity contribution in [3.63, 3.8) is 0 Å². The Kier molecular flexibility index (Phi) is 4.52. The summed E-state index contributed by atoms with van der Waals surface area (Å²) in [6.45, 7) is 8.10. The van der Waals surface area contributed by atoms with Gasteiger partial charge in [0.05, 0.1) is 5.69 Å². The van der Waals surface area contributed by atoms with E-state index in [1.165, 1.54) is 0 Å². The average Bonchev–Trinajstić information content (AvgIpc) is 2.40. The molecule has 0 bridgehead atoms. The number of para-hydroxylation sites is 1. The maximum Gasteiger partial charge on any atom is 0.323 e. The lowest BCUT2D eigenvalue weighted by atomic mass is 9.97. The number of ether oxygens (including phenoxy) is 1. The second kappa shape index (κ2) is 6.02. The van der Waals surface area contributed by atoms with Crippen LogP contribution < -0.4 is 9.64 Å². The topological polar surface area (TPSA) is 49.8 Å². The first-order chi connectivity index (χ1) is 9.82. The van der Waals surface area contributed by atoms with Gasteiger partial charge in [0.2, 0.25) is 0 Å². The van der Waals surface area contributed by atoms with E-state index in [-0.39, 0.29) is 18.6 Å². The summed E-state index contributed by atoms with van der Waals surface area (Å²) in [5, 5.41) is 9.17. The standard InChI is InChI=1S/C16H21NO3S/c1-9(2)11-6-5-7-12-15(11)20-14(10(3)4)16(21)17(12)8-13(18)19/h5-7,9-10,14H,8H2,1-4H3,(H,18,19)/t14-/m0/s1. The molecule has 1 aliphatic rings. The summed E-state index contributed by atoms with van der Waals surface area (Å²) in [5.74, 6) is 0.344. The van der Waals surface area contributed by atoms with Gasteiger partial charge in [-0.2, -0.15) is 0 Å². The third kappa shape index (κ3) is 3.02. The Hall–Kier alpha value is -1.62. The molecule has 1 atom stereocenters. The van der Waals surface area contributed by atoms with Crippen LogP contribution in [0, 0.1) is 5.92 Å². The van der Waals surface area contributed by atoms with Crippen LogP contribution in [0.25, 0.3) is 0 Å². The average molecular weight is 307 g/mol. The minimum absolute atomic E-state index is 0.139. The molecule has 114 valence electrons. The number of fused-ring (bicyclic) bond motifs is 1. The molecule has 0 aromatic heterocycles. The zero-order chi connectivity index (χ0) is 15.7. The Morgan fingerprint density at radius 2 is 2.05 bits per heavy atom. The third-order valence-corrected chi connectivity index (χ3v) is 4.04. The Labute approximate surface area is 130 Å². The molecule has 2 rings (SSSR count). The second-order valence-electron chi connectivity index (χ2n) is 5.95. The first kappa shape index (κ1) is 15.8. The Morgan fingerprint density at radius 1 is 1.38 bits per heavy atom. The van der Waals surface area contributed by atoms with Crippen LogP contribution in [-0.2, 0) is 4.79 Å². The number of thiocarbonyl (C=S) groups is 1. The molecule has 0 saturated heterocycles. The molecule has 4 nitrogen and oxygen atoms in total. The second-order valence-corrected chi connectivity index (χ2v) is 6.37. The van der Waals surface area contributed by atoms with Gasteiger partial charge in [-0.15, -0.1) is 0 Å². The van der Waals surface area contributed by atoms with Crippen molar-refractivity contribution < 1.29 is 14.6 Å². The van der Waals surface area contributed by atoms with Crippen LogP contribution in [0.4, 0.5) is 5.69 Å². The normalized spacial score (nSPS) is 17.9. The SMILES string of the molecule is CC(C)c1cccc2c1O[C@@H](C(C)C)C(=S)N2CC(=O)O. The van der Waals surface area contributed by atoms with Gasteiger partial charge in [0, 0.05) is 0 Å². The lowest BCUT2D eigenvalue weighted by molar-refractivity contribution is -0.135. The fourth-order valence-electron chi connectivity index (χ4n) is 2.51. The van der Waals surface area contributed by atoms with Gasteiger partial charge in [0.1, 0.15) is 17.3 Å². The van der Waals surface area contributed by atoms with Crippen molar-refractivity contribution in [2.45, 2.75) is 39.7 Å². The minimum Gasteiger partial charge on any atom is -0.481 e. The molecule has 21 heavy (non-hydrogen) atoms. The minimum atomic E-state index is -0.900. The van der Waals surface area contributed by atoms with E-state index in [0.29, 0.717) is 10.9 Å². The maximum atomic E-state index is 11.2. The Balaban J connectivity index is 2.55. The smallest absolute Gasteiger partial charge is 0.323 e. The molecule has 5 heteroatoms. The van der Waals surface area contributed by atoms with E-state index in [0.717, 1.165) is 17.0 Å². The van der Waals surface area contributed by atoms with Crippen molar-refractivity contribution >= 4 is 28.9 Å². The molecule has 1 aromatic carbocycles. The maximum absolute atomic E-state index is 11.2. The fourth-order valence-corrected chi connectivity index (χ4v) is 2.99. The van der Waals surface area contributed by atoms with Crippen molar-refractivity contribution in [2.75, 3.05) is 11.4 Å². The summed E-state index contributed by atoms with van der Waals surface area (Å²) in [7, 11) is 0. The molecule has 1 heterocycles. The molecule has 1 N–H and O–H groups in total. The van der Waals surface area contributed by atoms with Gasteiger partial charge in [-0.05, 0) is 23.5 Å². The van der Waals surface area contributed by atoms with Crippen LogP contribution in [-0.4, -0.2) is 28.7 Å². The number of aliphatic carboxylic acids is 1. The van der Waals surface area contributed by atoms with Crippen LogP contribution in [0.1, 0.15) is 39.2 Å². The fraction of sp³-hybridized carbons (Fsp3) is 0.500. The molecule has 0 radical (unpaired) electrons. The van der Waals surface area contributed by atoms with Gasteiger partial charge < -0.3 is 14.7 Å². The van der Waals surface area contributed by atoms with E-state index >= 15 is 0 Å². The zero-order valence-corrected chi connectivity index (χ0v) is 13.6. The summed E-state index contributed by atoms with van der Waals surface area (Å²) in [4.78, 5) is 13.4. The Morgan fingerprint density at radius 3 is 2.57 bits per heavy atom. The summed E-state index contributed by atoms with van der Waals surface area (Å²) >= 11 is 5.47. The number of rotatable bonds is 4. The van der Waals surface area contributed by atoms with Gasteiger partial charge >= 0.3 is 5.97 Å². The van der Waals surface area contributed by atoms with Crippen LogP contribution in [0.3, 0.4) is 0 Å². The van der Waals surface area contributed by atoms with Gasteiger partial charge in [-0.3, -0.25) is 4.79 Å². The first-order valence-electron chi connectivity index (χ1n) is 7.15. The molecule has 0 unspecified atom stereocenters. The van der Waals surface area contributed by atoms with Crippen molar-refractivity contribution in [2.24, 2.45) is 5.92 Å². The monoisotopic (exact) mass is 307 g/mol. The summed E-state index contributed by atoms with van der Waals surface area (Å²) < 4.78 is 6.13. The van der Waals surface area contributed by atoms with Gasteiger partial charge in [-0.1, -0.05) is 52.0 Å². The number of anilines is 1. The summed E-state index contributed by atoms with van der Waals surface area (Å²) in [5.41, 5.74) is 1.83. The summed E-state index contributed by atoms with van der Waals surface area (Å²) in [6.07, 6.45) is -0.272. The van der Waals surface area contributed by atoms with E-state index in [2.05, 4.69) is 13.8 Å². The molecule has 0 amide bonds. The van der Waals surface area contributed by atoms with Crippen molar-refractivity contribution in [3.05, 3.63) is 23.8 Å². The number of carbonyl (C=O) groups is 1. The van der Waals surface area contributed by atoms with Gasteiger partial charge in [0.25, 0.3) is 0 Å². The molecule has 0 saturated carbocycles. The Bertz CT molecular complexity index is 569. The third-order valence-electron chi connectivity index (χ3n) is 3.59. The van der Waals surface area contributed by atoms with Crippen LogP contribution in [0.5, 0.6) is 5.75 Å². The molecule has 0 spiro atoms. The van der Waals surface area contributed by atoms with Crippen molar-refractivity contribution in [1.82, 2.24) is 0 Å². The molecular weight excluding hydrogens is 286 g/mol. The van der Waals surface area contributed by atoms with E-state index in [4.69, 9.17) is 17.0 Å². The largest absolute Gasteiger partial charge is 0.481 e. The molecule has 1 aliphatic heterocycles. The zero-order valence-electron chi connectivity index (χ0n) is 12.8. The van der Waals surface area contributed by atoms with Gasteiger partial charge in [-0.25, -0.2) is 0 Å². The van der Waals surface area contributed by atoms with E-state index < -0.39 is 5.97 Å². The van der Waals surface area contributed by atoms with Crippen molar-refractivity contribution in [3.8, 4) is 5.75 Å². The quantitative estimate of drug-likeness (QED) is 0.864. The molecular formula is C16H21NO3S. The predicted molar refractivity (Wildman–Crippen MR) is 87.4 cm³/mol.